The molecule has 1 atom stereocenters. The molecule has 0 bridgehead atoms. The van der Waals surface area contributed by atoms with Crippen molar-refractivity contribution < 1.29 is 0 Å². The van der Waals surface area contributed by atoms with Gasteiger partial charge in [0.25, 0.3) is 0 Å². The second kappa shape index (κ2) is 8.85. The van der Waals surface area contributed by atoms with Crippen molar-refractivity contribution in [2.45, 2.75) is 77.6 Å². The summed E-state index contributed by atoms with van der Waals surface area (Å²) in [5.74, 6) is 3.07. The molecule has 0 amide bonds. The van der Waals surface area contributed by atoms with Crippen molar-refractivity contribution in [3.8, 4) is 0 Å². The fraction of sp³-hybridized carbons (Fsp3) is 0.571. The smallest absolute Gasteiger partial charge is 0.0300 e. The van der Waals surface area contributed by atoms with Gasteiger partial charge in [-0.05, 0) is 55.4 Å². The van der Waals surface area contributed by atoms with Gasteiger partial charge in [0.2, 0.25) is 0 Å². The first-order valence-corrected chi connectivity index (χ1v) is 11.8. The summed E-state index contributed by atoms with van der Waals surface area (Å²) < 4.78 is 0. The van der Waals surface area contributed by atoms with Crippen LogP contribution in [0.3, 0.4) is 0 Å². The van der Waals surface area contributed by atoms with Gasteiger partial charge in [0.05, 0.1) is 0 Å². The molecule has 0 saturated heterocycles. The molecule has 1 unspecified atom stereocenters. The lowest BCUT2D eigenvalue weighted by atomic mass is 9.59. The van der Waals surface area contributed by atoms with Crippen LogP contribution in [0.2, 0.25) is 0 Å². The van der Waals surface area contributed by atoms with Gasteiger partial charge in [0.1, 0.15) is 0 Å². The molecule has 1 fully saturated rings. The summed E-state index contributed by atoms with van der Waals surface area (Å²) in [7, 11) is 0. The third-order valence-corrected chi connectivity index (χ3v) is 7.79. The van der Waals surface area contributed by atoms with Gasteiger partial charge in [-0.15, -0.1) is 0 Å². The summed E-state index contributed by atoms with van der Waals surface area (Å²) in [6.07, 6.45) is 25.3. The van der Waals surface area contributed by atoms with E-state index in [-0.39, 0.29) is 5.41 Å². The molecule has 3 aliphatic carbocycles. The van der Waals surface area contributed by atoms with Crippen LogP contribution < -0.4 is 0 Å². The van der Waals surface area contributed by atoms with E-state index in [1.807, 2.05) is 0 Å². The normalized spacial score (nSPS) is 35.6. The number of benzene rings is 1. The number of hydrogen-bond acceptors (Lipinski definition) is 0. The molecule has 4 rings (SSSR count). The Morgan fingerprint density at radius 2 is 1.64 bits per heavy atom. The quantitative estimate of drug-likeness (QED) is 0.455. The monoisotopic (exact) mass is 374 g/mol. The van der Waals surface area contributed by atoms with E-state index in [9.17, 15) is 0 Å². The zero-order valence-corrected chi connectivity index (χ0v) is 17.9. The Balaban J connectivity index is 1.58. The molecule has 0 heteroatoms. The Morgan fingerprint density at radius 3 is 2.25 bits per heavy atom. The Hall–Kier alpha value is -1.56. The van der Waals surface area contributed by atoms with Gasteiger partial charge in [-0.1, -0.05) is 106 Å². The molecule has 0 heterocycles. The fourth-order valence-electron chi connectivity index (χ4n) is 5.99. The number of allylic oxidation sites excluding steroid dienone is 6. The number of rotatable bonds is 5. The number of hydrogen-bond donors (Lipinski definition) is 0. The maximum absolute atomic E-state index is 2.62. The third-order valence-electron chi connectivity index (χ3n) is 7.79. The topological polar surface area (TPSA) is 0 Å². The Kier molecular flexibility index (Phi) is 6.24. The molecule has 0 aliphatic heterocycles. The highest BCUT2D eigenvalue weighted by Gasteiger charge is 2.41. The van der Waals surface area contributed by atoms with Gasteiger partial charge >= 0.3 is 0 Å². The Morgan fingerprint density at radius 1 is 0.929 bits per heavy atom. The third kappa shape index (κ3) is 4.07. The van der Waals surface area contributed by atoms with Crippen LogP contribution in [-0.2, 0) is 0 Å². The lowest BCUT2D eigenvalue weighted by Gasteiger charge is -2.45. The molecule has 0 aromatic heterocycles. The molecular formula is C28H38. The SMILES string of the molecule is CCC[C@H]1CC[C@H](C2(C3=CCC(C)CC3)C=CC(c3ccccc3)C=C2)CC1. The van der Waals surface area contributed by atoms with Gasteiger partial charge in [-0.2, -0.15) is 0 Å². The molecule has 0 spiro atoms. The predicted molar refractivity (Wildman–Crippen MR) is 121 cm³/mol. The maximum Gasteiger partial charge on any atom is 0.0300 e. The van der Waals surface area contributed by atoms with Crippen molar-refractivity contribution in [1.29, 1.82) is 0 Å². The van der Waals surface area contributed by atoms with Gasteiger partial charge in [-0.25, -0.2) is 0 Å². The second-order valence-corrected chi connectivity index (χ2v) is 9.70. The lowest BCUT2D eigenvalue weighted by molar-refractivity contribution is 0.192. The van der Waals surface area contributed by atoms with E-state index >= 15 is 0 Å². The summed E-state index contributed by atoms with van der Waals surface area (Å²) in [6, 6.07) is 11.0. The van der Waals surface area contributed by atoms with Crippen LogP contribution in [0, 0.1) is 23.2 Å². The van der Waals surface area contributed by atoms with Crippen molar-refractivity contribution >= 4 is 0 Å². The zero-order chi connectivity index (χ0) is 19.4. The summed E-state index contributed by atoms with van der Waals surface area (Å²) >= 11 is 0. The van der Waals surface area contributed by atoms with E-state index in [2.05, 4.69) is 74.6 Å². The van der Waals surface area contributed by atoms with Gasteiger partial charge in [0, 0.05) is 11.3 Å². The van der Waals surface area contributed by atoms with Crippen molar-refractivity contribution in [3.05, 3.63) is 71.8 Å². The van der Waals surface area contributed by atoms with E-state index in [0.717, 1.165) is 17.8 Å². The van der Waals surface area contributed by atoms with E-state index in [1.165, 1.54) is 63.4 Å². The Bertz CT molecular complexity index is 698. The minimum Gasteiger partial charge on any atom is -0.0839 e. The summed E-state index contributed by atoms with van der Waals surface area (Å²) in [4.78, 5) is 0. The molecule has 0 nitrogen and oxygen atoms in total. The minimum atomic E-state index is 0.197. The van der Waals surface area contributed by atoms with E-state index in [0.29, 0.717) is 5.92 Å². The van der Waals surface area contributed by atoms with Crippen LogP contribution in [0.15, 0.2) is 66.3 Å². The Labute approximate surface area is 172 Å². The summed E-state index contributed by atoms with van der Waals surface area (Å²) in [5.41, 5.74) is 3.34. The molecule has 0 N–H and O–H groups in total. The van der Waals surface area contributed by atoms with Gasteiger partial charge in [0.15, 0.2) is 0 Å². The lowest BCUT2D eigenvalue weighted by Crippen LogP contribution is -2.34. The fourth-order valence-corrected chi connectivity index (χ4v) is 5.99. The standard InChI is InChI=1S/C28H38/c1-3-7-23-12-16-27(17-13-23)28(26-14-10-22(2)11-15-26)20-18-25(19-21-28)24-8-5-4-6-9-24/h4-6,8-9,14,18-23,25,27H,3,7,10-13,15-17H2,1-2H3/t22?,23-,25?,27-,28?. The van der Waals surface area contributed by atoms with Gasteiger partial charge < -0.3 is 0 Å². The second-order valence-electron chi connectivity index (χ2n) is 9.70. The molecule has 1 saturated carbocycles. The highest BCUT2D eigenvalue weighted by Crippen LogP contribution is 2.52. The first kappa shape index (κ1) is 19.7. The predicted octanol–water partition coefficient (Wildman–Crippen LogP) is 8.24. The molecule has 1 aromatic rings. The van der Waals surface area contributed by atoms with Crippen molar-refractivity contribution in [1.82, 2.24) is 0 Å². The van der Waals surface area contributed by atoms with Crippen LogP contribution in [0.5, 0.6) is 0 Å². The van der Waals surface area contributed by atoms with E-state index in [1.54, 1.807) is 5.57 Å². The molecule has 3 aliphatic rings. The van der Waals surface area contributed by atoms with E-state index < -0.39 is 0 Å². The molecular weight excluding hydrogens is 336 g/mol. The minimum absolute atomic E-state index is 0.197. The molecule has 28 heavy (non-hydrogen) atoms. The highest BCUT2D eigenvalue weighted by molar-refractivity contribution is 5.41. The summed E-state index contributed by atoms with van der Waals surface area (Å²) in [6.45, 7) is 4.76. The van der Waals surface area contributed by atoms with Crippen LogP contribution in [-0.4, -0.2) is 0 Å². The highest BCUT2D eigenvalue weighted by atomic mass is 14.4. The first-order chi connectivity index (χ1) is 13.7. The van der Waals surface area contributed by atoms with Crippen molar-refractivity contribution in [2.24, 2.45) is 23.2 Å². The molecule has 0 radical (unpaired) electrons. The molecule has 150 valence electrons. The summed E-state index contributed by atoms with van der Waals surface area (Å²) in [5, 5.41) is 0. The van der Waals surface area contributed by atoms with Crippen molar-refractivity contribution in [2.75, 3.05) is 0 Å². The van der Waals surface area contributed by atoms with Crippen LogP contribution >= 0.6 is 0 Å². The van der Waals surface area contributed by atoms with Crippen LogP contribution in [0.4, 0.5) is 0 Å². The first-order valence-electron chi connectivity index (χ1n) is 11.8. The van der Waals surface area contributed by atoms with E-state index in [4.69, 9.17) is 0 Å². The zero-order valence-electron chi connectivity index (χ0n) is 17.9. The average Bonchev–Trinajstić information content (AvgIpc) is 2.76. The van der Waals surface area contributed by atoms with Crippen LogP contribution in [0.1, 0.15) is 83.1 Å². The largest absolute Gasteiger partial charge is 0.0839 e. The average molecular weight is 375 g/mol. The molecule has 1 aromatic carbocycles. The van der Waals surface area contributed by atoms with Crippen molar-refractivity contribution in [3.63, 3.8) is 0 Å². The van der Waals surface area contributed by atoms with Gasteiger partial charge in [-0.3, -0.25) is 0 Å². The van der Waals surface area contributed by atoms with Crippen LogP contribution in [0.25, 0.3) is 0 Å². The maximum atomic E-state index is 2.62.